The summed E-state index contributed by atoms with van der Waals surface area (Å²) in [5.74, 6) is -2.83. The zero-order valence-corrected chi connectivity index (χ0v) is 18.1. The van der Waals surface area contributed by atoms with Crippen LogP contribution in [0.1, 0.15) is 38.2 Å². The van der Waals surface area contributed by atoms with Crippen LogP contribution in [0, 0.1) is 28.9 Å². The molecular weight excluding hydrogens is 416 g/mol. The fourth-order valence-corrected chi connectivity index (χ4v) is 4.86. The van der Waals surface area contributed by atoms with Gasteiger partial charge in [-0.25, -0.2) is 0 Å². The predicted molar refractivity (Wildman–Crippen MR) is 115 cm³/mol. The summed E-state index contributed by atoms with van der Waals surface area (Å²) in [6, 6.07) is 4.67. The Morgan fingerprint density at radius 2 is 2.03 bits per heavy atom. The first-order chi connectivity index (χ1) is 15.2. The Bertz CT molecular complexity index is 953. The van der Waals surface area contributed by atoms with Crippen molar-refractivity contribution >= 4 is 29.1 Å². The lowest BCUT2D eigenvalue weighted by molar-refractivity contribution is -0.385. The Morgan fingerprint density at radius 3 is 2.75 bits per heavy atom. The molecule has 1 aromatic carbocycles. The van der Waals surface area contributed by atoms with Crippen molar-refractivity contribution in [3.05, 3.63) is 33.9 Å². The first-order valence-corrected chi connectivity index (χ1v) is 10.9. The van der Waals surface area contributed by atoms with Gasteiger partial charge in [-0.1, -0.05) is 12.5 Å². The van der Waals surface area contributed by atoms with Gasteiger partial charge in [-0.05, 0) is 32.8 Å². The van der Waals surface area contributed by atoms with E-state index in [-0.39, 0.29) is 35.7 Å². The first-order valence-electron chi connectivity index (χ1n) is 10.9. The molecule has 11 nitrogen and oxygen atoms in total. The van der Waals surface area contributed by atoms with Gasteiger partial charge in [0.05, 0.1) is 22.9 Å². The molecule has 5 unspecified atom stereocenters. The number of nitrogens with zero attached hydrogens (tertiary/aromatic N) is 2. The number of nitro benzene ring substituents is 1. The van der Waals surface area contributed by atoms with Gasteiger partial charge in [0.25, 0.3) is 5.69 Å². The van der Waals surface area contributed by atoms with E-state index in [4.69, 9.17) is 0 Å². The number of benzene rings is 1. The van der Waals surface area contributed by atoms with Crippen molar-refractivity contribution in [1.82, 2.24) is 20.9 Å². The highest BCUT2D eigenvalue weighted by Crippen LogP contribution is 2.30. The highest BCUT2D eigenvalue weighted by Gasteiger charge is 2.49. The maximum Gasteiger partial charge on any atom is 0.274 e. The molecule has 5 atom stereocenters. The van der Waals surface area contributed by atoms with E-state index < -0.39 is 35.1 Å². The van der Waals surface area contributed by atoms with Crippen molar-refractivity contribution in [3.63, 3.8) is 0 Å². The third-order valence-corrected chi connectivity index (χ3v) is 6.63. The van der Waals surface area contributed by atoms with E-state index in [2.05, 4.69) is 33.1 Å². The molecule has 4 N–H and O–H groups in total. The Kier molecular flexibility index (Phi) is 6.11. The molecule has 3 heterocycles. The predicted octanol–water partition coefficient (Wildman–Crippen LogP) is 0.798. The van der Waals surface area contributed by atoms with Crippen molar-refractivity contribution in [2.24, 2.45) is 11.8 Å². The van der Waals surface area contributed by atoms with Gasteiger partial charge in [-0.15, -0.1) is 0 Å². The lowest BCUT2D eigenvalue weighted by atomic mass is 9.81. The molecule has 0 aromatic heterocycles. The van der Waals surface area contributed by atoms with E-state index in [0.717, 1.165) is 25.8 Å². The molecule has 172 valence electrons. The Balaban J connectivity index is 1.51. The third kappa shape index (κ3) is 4.30. The Morgan fingerprint density at radius 1 is 1.25 bits per heavy atom. The molecule has 3 saturated heterocycles. The van der Waals surface area contributed by atoms with Crippen LogP contribution in [0.5, 0.6) is 0 Å². The van der Waals surface area contributed by atoms with Crippen molar-refractivity contribution in [1.29, 1.82) is 0 Å². The summed E-state index contributed by atoms with van der Waals surface area (Å²) in [5, 5.41) is 22.9. The molecule has 1 aromatic rings. The fourth-order valence-electron chi connectivity index (χ4n) is 4.86. The minimum atomic E-state index is -0.902. The molecule has 11 heteroatoms. The summed E-state index contributed by atoms with van der Waals surface area (Å²) in [7, 11) is 0. The lowest BCUT2D eigenvalue weighted by Crippen LogP contribution is -2.75. The van der Waals surface area contributed by atoms with Gasteiger partial charge in [0.2, 0.25) is 17.7 Å². The first kappa shape index (κ1) is 22.2. The minimum Gasteiger partial charge on any atom is -0.340 e. The summed E-state index contributed by atoms with van der Waals surface area (Å²) in [5.41, 5.74) is 0.607. The van der Waals surface area contributed by atoms with Crippen LogP contribution in [-0.2, 0) is 14.4 Å². The third-order valence-electron chi connectivity index (χ3n) is 6.63. The van der Waals surface area contributed by atoms with E-state index in [1.54, 1.807) is 19.1 Å². The van der Waals surface area contributed by atoms with Gasteiger partial charge in [0.15, 0.2) is 0 Å². The SMILES string of the molecule is Cc1ccc(NC(=O)C2CC(=O)NC3NC(N4CCCCC4C)NC(=O)C32)cc1[N+](=O)[O-]. The number of likely N-dealkylation sites (tertiary alicyclic amines) is 1. The largest absolute Gasteiger partial charge is 0.340 e. The molecular formula is C21H28N6O5. The fraction of sp³-hybridized carbons (Fsp3) is 0.571. The molecule has 0 radical (unpaired) electrons. The van der Waals surface area contributed by atoms with E-state index in [1.165, 1.54) is 6.07 Å². The zero-order chi connectivity index (χ0) is 23.0. The maximum absolute atomic E-state index is 13.1. The average Bonchev–Trinajstić information content (AvgIpc) is 2.74. The highest BCUT2D eigenvalue weighted by molar-refractivity contribution is 6.00. The van der Waals surface area contributed by atoms with Crippen LogP contribution in [0.3, 0.4) is 0 Å². The number of aryl methyl sites for hydroxylation is 1. The van der Waals surface area contributed by atoms with Crippen LogP contribution in [0.4, 0.5) is 11.4 Å². The molecule has 4 rings (SSSR count). The number of carbonyl (C=O) groups excluding carboxylic acids is 3. The second kappa shape index (κ2) is 8.83. The maximum atomic E-state index is 13.1. The van der Waals surface area contributed by atoms with Crippen LogP contribution in [-0.4, -0.2) is 52.6 Å². The van der Waals surface area contributed by atoms with Gasteiger partial charge in [0, 0.05) is 36.3 Å². The molecule has 3 aliphatic rings. The van der Waals surface area contributed by atoms with Crippen molar-refractivity contribution < 1.29 is 19.3 Å². The number of anilines is 1. The van der Waals surface area contributed by atoms with Gasteiger partial charge >= 0.3 is 0 Å². The average molecular weight is 444 g/mol. The van der Waals surface area contributed by atoms with Crippen molar-refractivity contribution in [2.75, 3.05) is 11.9 Å². The smallest absolute Gasteiger partial charge is 0.274 e. The van der Waals surface area contributed by atoms with Gasteiger partial charge < -0.3 is 16.0 Å². The van der Waals surface area contributed by atoms with Crippen LogP contribution in [0.2, 0.25) is 0 Å². The molecule has 3 amide bonds. The van der Waals surface area contributed by atoms with Crippen molar-refractivity contribution in [2.45, 2.75) is 58.0 Å². The summed E-state index contributed by atoms with van der Waals surface area (Å²) in [6.07, 6.45) is 1.98. The van der Waals surface area contributed by atoms with Crippen LogP contribution in [0.15, 0.2) is 18.2 Å². The number of amides is 3. The number of rotatable bonds is 4. The standard InChI is InChI=1S/C21H28N6O5/c1-11-6-7-13(9-15(11)27(31)32)22-19(29)14-10-16(28)23-18-17(14)20(30)25-21(24-18)26-8-4-3-5-12(26)2/h6-7,9,12,14,17-18,21,24H,3-5,8,10H2,1-2H3,(H,22,29)(H,23,28)(H,25,30). The highest BCUT2D eigenvalue weighted by atomic mass is 16.6. The summed E-state index contributed by atoms with van der Waals surface area (Å²) < 4.78 is 0. The molecule has 0 spiro atoms. The molecule has 0 aliphatic carbocycles. The molecule has 32 heavy (non-hydrogen) atoms. The second-order valence-corrected chi connectivity index (χ2v) is 8.79. The summed E-state index contributed by atoms with van der Waals surface area (Å²) >= 11 is 0. The quantitative estimate of drug-likeness (QED) is 0.397. The number of nitro groups is 1. The zero-order valence-electron chi connectivity index (χ0n) is 18.1. The molecule has 0 saturated carbocycles. The van der Waals surface area contributed by atoms with Gasteiger partial charge in [-0.3, -0.25) is 34.7 Å². The van der Waals surface area contributed by atoms with Gasteiger partial charge in [0.1, 0.15) is 6.29 Å². The number of hydrogen-bond donors (Lipinski definition) is 4. The second-order valence-electron chi connectivity index (χ2n) is 8.79. The number of carbonyl (C=O) groups is 3. The monoisotopic (exact) mass is 444 g/mol. The van der Waals surface area contributed by atoms with Crippen LogP contribution in [0.25, 0.3) is 0 Å². The van der Waals surface area contributed by atoms with E-state index in [9.17, 15) is 24.5 Å². The topological polar surface area (TPSA) is 146 Å². The van der Waals surface area contributed by atoms with E-state index in [0.29, 0.717) is 5.56 Å². The van der Waals surface area contributed by atoms with Gasteiger partial charge in [-0.2, -0.15) is 0 Å². The number of nitrogens with one attached hydrogen (secondary N) is 4. The summed E-state index contributed by atoms with van der Waals surface area (Å²) in [4.78, 5) is 51.3. The van der Waals surface area contributed by atoms with Crippen LogP contribution < -0.4 is 21.3 Å². The molecule has 3 fully saturated rings. The number of fused-ring (bicyclic) bond motifs is 1. The minimum absolute atomic E-state index is 0.113. The summed E-state index contributed by atoms with van der Waals surface area (Å²) in [6.45, 7) is 4.55. The normalized spacial score (nSPS) is 30.6. The number of hydrogen-bond acceptors (Lipinski definition) is 7. The molecule has 3 aliphatic heterocycles. The van der Waals surface area contributed by atoms with E-state index in [1.807, 2.05) is 0 Å². The van der Waals surface area contributed by atoms with E-state index >= 15 is 0 Å². The Hall–Kier alpha value is -3.05. The number of piperidine rings is 2. The molecule has 0 bridgehead atoms. The van der Waals surface area contributed by atoms with Crippen LogP contribution >= 0.6 is 0 Å². The van der Waals surface area contributed by atoms with Crippen molar-refractivity contribution in [3.8, 4) is 0 Å². The Labute approximate surface area is 185 Å². The lowest BCUT2D eigenvalue weighted by Gasteiger charge is -2.48.